The lowest BCUT2D eigenvalue weighted by atomic mass is 10.3. The predicted octanol–water partition coefficient (Wildman–Crippen LogP) is 3.15. The third kappa shape index (κ3) is 2.14. The van der Waals surface area contributed by atoms with Crippen LogP contribution in [0, 0.1) is 0 Å². The normalized spacial score (nSPS) is 11.1. The number of imidazole rings is 1. The number of benzene rings is 1. The van der Waals surface area contributed by atoms with Crippen LogP contribution in [0.15, 0.2) is 42.9 Å². The lowest BCUT2D eigenvalue weighted by Crippen LogP contribution is -2.06. The van der Waals surface area contributed by atoms with Crippen LogP contribution in [-0.2, 0) is 0 Å². The van der Waals surface area contributed by atoms with Crippen molar-refractivity contribution in [1.29, 1.82) is 0 Å². The molecule has 1 N–H and O–H groups in total. The fourth-order valence-electron chi connectivity index (χ4n) is 2.08. The van der Waals surface area contributed by atoms with Crippen LogP contribution in [0.1, 0.15) is 19.9 Å². The van der Waals surface area contributed by atoms with Crippen molar-refractivity contribution < 1.29 is 0 Å². The summed E-state index contributed by atoms with van der Waals surface area (Å²) >= 11 is 0. The first-order chi connectivity index (χ1) is 9.25. The second kappa shape index (κ2) is 4.68. The van der Waals surface area contributed by atoms with Crippen molar-refractivity contribution in [3.05, 3.63) is 42.9 Å². The van der Waals surface area contributed by atoms with Crippen LogP contribution in [-0.4, -0.2) is 19.5 Å². The summed E-state index contributed by atoms with van der Waals surface area (Å²) in [6, 6.07) is 10.3. The molecule has 0 fully saturated rings. The van der Waals surface area contributed by atoms with Crippen molar-refractivity contribution in [2.24, 2.45) is 0 Å². The van der Waals surface area contributed by atoms with Gasteiger partial charge >= 0.3 is 0 Å². The molecule has 0 atom stereocenters. The van der Waals surface area contributed by atoms with Gasteiger partial charge in [-0.25, -0.2) is 15.0 Å². The van der Waals surface area contributed by atoms with Gasteiger partial charge in [-0.05, 0) is 26.0 Å². The Bertz CT molecular complexity index is 687. The van der Waals surface area contributed by atoms with Gasteiger partial charge in [-0.15, -0.1) is 0 Å². The molecule has 0 unspecified atom stereocenters. The standard InChI is InChI=1S/C14H15N5/c1-10(2)19-13-12(8-15-9-16-13)18-14(19)17-11-6-4-3-5-7-11/h3-10H,1-2H3,(H,17,18). The Morgan fingerprint density at radius 2 is 1.95 bits per heavy atom. The molecule has 2 heterocycles. The minimum absolute atomic E-state index is 0.270. The van der Waals surface area contributed by atoms with Crippen LogP contribution in [0.3, 0.4) is 0 Å². The van der Waals surface area contributed by atoms with Gasteiger partial charge in [-0.1, -0.05) is 18.2 Å². The molecule has 0 aliphatic carbocycles. The van der Waals surface area contributed by atoms with E-state index in [4.69, 9.17) is 0 Å². The molecule has 0 saturated heterocycles. The summed E-state index contributed by atoms with van der Waals surface area (Å²) in [6.07, 6.45) is 3.28. The van der Waals surface area contributed by atoms with Crippen LogP contribution in [0.25, 0.3) is 11.2 Å². The average molecular weight is 253 g/mol. The Kier molecular flexibility index (Phi) is 2.87. The van der Waals surface area contributed by atoms with Crippen LogP contribution in [0.4, 0.5) is 11.6 Å². The highest BCUT2D eigenvalue weighted by Crippen LogP contribution is 2.24. The number of fused-ring (bicyclic) bond motifs is 1. The highest BCUT2D eigenvalue weighted by molar-refractivity contribution is 5.75. The second-order valence-corrected chi connectivity index (χ2v) is 4.62. The van der Waals surface area contributed by atoms with E-state index in [2.05, 4.69) is 38.7 Å². The minimum atomic E-state index is 0.270. The van der Waals surface area contributed by atoms with Crippen LogP contribution < -0.4 is 5.32 Å². The zero-order valence-corrected chi connectivity index (χ0v) is 10.9. The van der Waals surface area contributed by atoms with E-state index in [0.717, 1.165) is 22.8 Å². The molecule has 0 saturated carbocycles. The lowest BCUT2D eigenvalue weighted by molar-refractivity contribution is 0.620. The Morgan fingerprint density at radius 3 is 2.68 bits per heavy atom. The molecule has 19 heavy (non-hydrogen) atoms. The van der Waals surface area contributed by atoms with Gasteiger partial charge in [-0.2, -0.15) is 0 Å². The summed E-state index contributed by atoms with van der Waals surface area (Å²) in [4.78, 5) is 12.9. The number of hydrogen-bond acceptors (Lipinski definition) is 4. The number of rotatable bonds is 3. The summed E-state index contributed by atoms with van der Waals surface area (Å²) in [5, 5.41) is 3.33. The van der Waals surface area contributed by atoms with E-state index in [-0.39, 0.29) is 6.04 Å². The maximum absolute atomic E-state index is 4.56. The van der Waals surface area contributed by atoms with Crippen molar-refractivity contribution in [3.63, 3.8) is 0 Å². The quantitative estimate of drug-likeness (QED) is 0.779. The number of anilines is 2. The lowest BCUT2D eigenvalue weighted by Gasteiger charge is -2.13. The van der Waals surface area contributed by atoms with E-state index in [1.165, 1.54) is 0 Å². The SMILES string of the molecule is CC(C)n1c(Nc2ccccc2)nc2cncnc21. The monoisotopic (exact) mass is 253 g/mol. The molecule has 0 aliphatic rings. The smallest absolute Gasteiger partial charge is 0.209 e. The molecule has 5 heteroatoms. The van der Waals surface area contributed by atoms with Gasteiger partial charge in [0.25, 0.3) is 0 Å². The van der Waals surface area contributed by atoms with E-state index in [9.17, 15) is 0 Å². The summed E-state index contributed by atoms with van der Waals surface area (Å²) in [6.45, 7) is 4.22. The summed E-state index contributed by atoms with van der Waals surface area (Å²) in [5.74, 6) is 0.789. The number of para-hydroxylation sites is 1. The Labute approximate surface area is 111 Å². The molecule has 3 rings (SSSR count). The van der Waals surface area contributed by atoms with Gasteiger partial charge in [0, 0.05) is 11.7 Å². The molecular weight excluding hydrogens is 238 g/mol. The maximum atomic E-state index is 4.56. The third-order valence-corrected chi connectivity index (χ3v) is 2.90. The topological polar surface area (TPSA) is 55.6 Å². The van der Waals surface area contributed by atoms with Crippen molar-refractivity contribution in [2.45, 2.75) is 19.9 Å². The number of aromatic nitrogens is 4. The molecular formula is C14H15N5. The molecule has 0 radical (unpaired) electrons. The van der Waals surface area contributed by atoms with Gasteiger partial charge in [0.1, 0.15) is 11.8 Å². The van der Waals surface area contributed by atoms with Crippen molar-refractivity contribution >= 4 is 22.8 Å². The molecule has 2 aromatic heterocycles. The Balaban J connectivity index is 2.10. The van der Waals surface area contributed by atoms with Crippen LogP contribution in [0.5, 0.6) is 0 Å². The number of nitrogens with zero attached hydrogens (tertiary/aromatic N) is 4. The molecule has 96 valence electrons. The summed E-state index contributed by atoms with van der Waals surface area (Å²) < 4.78 is 2.07. The van der Waals surface area contributed by atoms with Crippen molar-refractivity contribution in [3.8, 4) is 0 Å². The Hall–Kier alpha value is -2.43. The first-order valence-corrected chi connectivity index (χ1v) is 6.25. The molecule has 0 spiro atoms. The highest BCUT2D eigenvalue weighted by Gasteiger charge is 2.14. The molecule has 3 aromatic rings. The zero-order chi connectivity index (χ0) is 13.2. The summed E-state index contributed by atoms with van der Waals surface area (Å²) in [7, 11) is 0. The van der Waals surface area contributed by atoms with E-state index >= 15 is 0 Å². The van der Waals surface area contributed by atoms with Gasteiger partial charge in [0.2, 0.25) is 5.95 Å². The Morgan fingerprint density at radius 1 is 1.16 bits per heavy atom. The van der Waals surface area contributed by atoms with E-state index in [1.807, 2.05) is 30.3 Å². The first kappa shape index (κ1) is 11.6. The summed E-state index contributed by atoms with van der Waals surface area (Å²) in [5.41, 5.74) is 2.66. The van der Waals surface area contributed by atoms with E-state index < -0.39 is 0 Å². The van der Waals surface area contributed by atoms with Crippen molar-refractivity contribution in [2.75, 3.05) is 5.32 Å². The first-order valence-electron chi connectivity index (χ1n) is 6.25. The fraction of sp³-hybridized carbons (Fsp3) is 0.214. The molecule has 0 aliphatic heterocycles. The van der Waals surface area contributed by atoms with Gasteiger partial charge in [0.15, 0.2) is 5.65 Å². The van der Waals surface area contributed by atoms with E-state index in [1.54, 1.807) is 12.5 Å². The van der Waals surface area contributed by atoms with E-state index in [0.29, 0.717) is 0 Å². The zero-order valence-electron chi connectivity index (χ0n) is 10.9. The average Bonchev–Trinajstić information content (AvgIpc) is 2.77. The highest BCUT2D eigenvalue weighted by atomic mass is 15.2. The minimum Gasteiger partial charge on any atom is -0.326 e. The third-order valence-electron chi connectivity index (χ3n) is 2.90. The number of hydrogen-bond donors (Lipinski definition) is 1. The van der Waals surface area contributed by atoms with Crippen LogP contribution >= 0.6 is 0 Å². The molecule has 0 bridgehead atoms. The molecule has 5 nitrogen and oxygen atoms in total. The largest absolute Gasteiger partial charge is 0.326 e. The maximum Gasteiger partial charge on any atom is 0.209 e. The van der Waals surface area contributed by atoms with Gasteiger partial charge < -0.3 is 5.32 Å². The van der Waals surface area contributed by atoms with Crippen LogP contribution in [0.2, 0.25) is 0 Å². The predicted molar refractivity (Wildman–Crippen MR) is 75.4 cm³/mol. The second-order valence-electron chi connectivity index (χ2n) is 4.62. The fourth-order valence-corrected chi connectivity index (χ4v) is 2.08. The van der Waals surface area contributed by atoms with Gasteiger partial charge in [-0.3, -0.25) is 4.57 Å². The molecule has 0 amide bonds. The van der Waals surface area contributed by atoms with Crippen molar-refractivity contribution in [1.82, 2.24) is 19.5 Å². The van der Waals surface area contributed by atoms with Gasteiger partial charge in [0.05, 0.1) is 6.20 Å². The molecule has 1 aromatic carbocycles. The number of nitrogens with one attached hydrogen (secondary N) is 1.